The van der Waals surface area contributed by atoms with Crippen molar-refractivity contribution in [3.63, 3.8) is 0 Å². The van der Waals surface area contributed by atoms with Crippen molar-refractivity contribution in [1.29, 1.82) is 0 Å². The molecule has 1 amide bonds. The number of fused-ring (bicyclic) bond motifs is 1. The predicted molar refractivity (Wildman–Crippen MR) is 97.8 cm³/mol. The number of carbonyl (C=O) groups excluding carboxylic acids is 1. The summed E-state index contributed by atoms with van der Waals surface area (Å²) in [5.41, 5.74) is 0.625. The molecule has 0 spiro atoms. The van der Waals surface area contributed by atoms with Crippen LogP contribution in [0.1, 0.15) is 60.0 Å². The minimum absolute atomic E-state index is 0.256. The van der Waals surface area contributed by atoms with Crippen LogP contribution in [0, 0.1) is 0 Å². The third kappa shape index (κ3) is 4.13. The van der Waals surface area contributed by atoms with E-state index >= 15 is 0 Å². The first-order valence-corrected chi connectivity index (χ1v) is 9.09. The molecule has 2 N–H and O–H groups in total. The zero-order valence-corrected chi connectivity index (χ0v) is 15.6. The maximum absolute atomic E-state index is 13.0. The lowest BCUT2D eigenvalue weighted by Gasteiger charge is -2.30. The molecule has 0 saturated carbocycles. The van der Waals surface area contributed by atoms with Crippen molar-refractivity contribution in [1.82, 2.24) is 10.5 Å². The summed E-state index contributed by atoms with van der Waals surface area (Å²) in [7, 11) is 1.54. The van der Waals surface area contributed by atoms with Gasteiger partial charge in [-0.1, -0.05) is 23.7 Å². The zero-order valence-electron chi connectivity index (χ0n) is 15.6. The quantitative estimate of drug-likeness (QED) is 0.756. The fraction of sp³-hybridized carbons (Fsp3) is 0.450. The average molecular weight is 372 g/mol. The molecule has 1 heterocycles. The lowest BCUT2D eigenvalue weighted by molar-refractivity contribution is -0.138. The van der Waals surface area contributed by atoms with E-state index in [2.05, 4.69) is 10.5 Å². The molecule has 0 bridgehead atoms. The normalized spacial score (nSPS) is 15.9. The van der Waals surface area contributed by atoms with Gasteiger partial charge >= 0.3 is 5.97 Å². The second-order valence-electron chi connectivity index (χ2n) is 7.08. The molecule has 27 heavy (non-hydrogen) atoms. The first kappa shape index (κ1) is 18.9. The molecule has 7 heteroatoms. The number of methoxy groups -OCH3 is 1. The Morgan fingerprint density at radius 3 is 2.81 bits per heavy atom. The van der Waals surface area contributed by atoms with Crippen LogP contribution < -0.4 is 10.1 Å². The number of nitrogens with zero attached hydrogens (tertiary/aromatic N) is 1. The molecule has 1 atom stereocenters. The van der Waals surface area contributed by atoms with Crippen LogP contribution in [0.4, 0.5) is 0 Å². The maximum Gasteiger partial charge on any atom is 0.306 e. The largest absolute Gasteiger partial charge is 0.497 e. The van der Waals surface area contributed by atoms with E-state index in [1.165, 1.54) is 7.11 Å². The second kappa shape index (κ2) is 7.82. The second-order valence-corrected chi connectivity index (χ2v) is 7.08. The highest BCUT2D eigenvalue weighted by atomic mass is 16.5. The van der Waals surface area contributed by atoms with Crippen molar-refractivity contribution in [3.05, 3.63) is 46.8 Å². The highest BCUT2D eigenvalue weighted by Crippen LogP contribution is 2.29. The van der Waals surface area contributed by atoms with E-state index in [4.69, 9.17) is 9.26 Å². The number of hydrogen-bond acceptors (Lipinski definition) is 5. The fourth-order valence-corrected chi connectivity index (χ4v) is 3.54. The molecule has 0 aliphatic heterocycles. The molecule has 3 rings (SSSR count). The van der Waals surface area contributed by atoms with Crippen molar-refractivity contribution in [3.8, 4) is 5.75 Å². The lowest BCUT2D eigenvalue weighted by Crippen LogP contribution is -2.45. The summed E-state index contributed by atoms with van der Waals surface area (Å²) in [6.45, 7) is 1.69. The Balaban J connectivity index is 1.91. The van der Waals surface area contributed by atoms with Gasteiger partial charge in [-0.2, -0.15) is 0 Å². The number of aliphatic carboxylic acids is 1. The van der Waals surface area contributed by atoms with Crippen LogP contribution in [0.15, 0.2) is 28.8 Å². The first-order chi connectivity index (χ1) is 12.9. The number of hydrogen-bond donors (Lipinski definition) is 2. The van der Waals surface area contributed by atoms with E-state index in [0.29, 0.717) is 11.3 Å². The number of aromatic nitrogens is 1. The molecule has 0 radical (unpaired) electrons. The monoisotopic (exact) mass is 372 g/mol. The molecule has 7 nitrogen and oxygen atoms in total. The summed E-state index contributed by atoms with van der Waals surface area (Å²) in [5, 5.41) is 16.2. The Hall–Kier alpha value is -2.83. The standard InChI is InChI=1S/C20H24N2O5/c1-20(12-17(23)24,13-7-6-8-14(11-13)26-2)21-19(25)18-15-9-4-3-5-10-16(15)27-22-18/h6-8,11H,3-5,9-10,12H2,1-2H3,(H,21,25)(H,23,24). The van der Waals surface area contributed by atoms with Gasteiger partial charge in [0.1, 0.15) is 11.5 Å². The van der Waals surface area contributed by atoms with Gasteiger partial charge in [0.25, 0.3) is 5.91 Å². The number of ether oxygens (including phenoxy) is 1. The molecule has 1 aliphatic rings. The first-order valence-electron chi connectivity index (χ1n) is 9.09. The highest BCUT2D eigenvalue weighted by molar-refractivity contribution is 5.94. The Bertz CT molecular complexity index is 845. The van der Waals surface area contributed by atoms with Crippen molar-refractivity contribution in [2.24, 2.45) is 0 Å². The van der Waals surface area contributed by atoms with Crippen LogP contribution in [-0.2, 0) is 23.2 Å². The van der Waals surface area contributed by atoms with Crippen molar-refractivity contribution >= 4 is 11.9 Å². The van der Waals surface area contributed by atoms with Crippen molar-refractivity contribution < 1.29 is 24.0 Å². The number of benzene rings is 1. The van der Waals surface area contributed by atoms with E-state index in [9.17, 15) is 14.7 Å². The molecular weight excluding hydrogens is 348 g/mol. The number of aryl methyl sites for hydroxylation is 1. The number of carbonyl (C=O) groups is 2. The molecule has 1 unspecified atom stereocenters. The molecular formula is C20H24N2O5. The van der Waals surface area contributed by atoms with Gasteiger partial charge in [-0.05, 0) is 43.9 Å². The van der Waals surface area contributed by atoms with Crippen LogP contribution in [0.5, 0.6) is 5.75 Å². The van der Waals surface area contributed by atoms with Crippen LogP contribution >= 0.6 is 0 Å². The summed E-state index contributed by atoms with van der Waals surface area (Å²) >= 11 is 0. The minimum Gasteiger partial charge on any atom is -0.497 e. The number of nitrogens with one attached hydrogen (secondary N) is 1. The van der Waals surface area contributed by atoms with E-state index in [1.54, 1.807) is 31.2 Å². The lowest BCUT2D eigenvalue weighted by atomic mass is 9.88. The zero-order chi connectivity index (χ0) is 19.4. The molecule has 144 valence electrons. The third-order valence-corrected chi connectivity index (χ3v) is 5.02. The van der Waals surface area contributed by atoms with Crippen LogP contribution in [-0.4, -0.2) is 29.2 Å². The number of carboxylic acid groups (broad SMARTS) is 1. The smallest absolute Gasteiger partial charge is 0.306 e. The highest BCUT2D eigenvalue weighted by Gasteiger charge is 2.34. The summed E-state index contributed by atoms with van der Waals surface area (Å²) < 4.78 is 10.6. The van der Waals surface area contributed by atoms with Crippen LogP contribution in [0.25, 0.3) is 0 Å². The van der Waals surface area contributed by atoms with Crippen molar-refractivity contribution in [2.45, 2.75) is 51.0 Å². The molecule has 1 aliphatic carbocycles. The van der Waals surface area contributed by atoms with Crippen molar-refractivity contribution in [2.75, 3.05) is 7.11 Å². The third-order valence-electron chi connectivity index (χ3n) is 5.02. The van der Waals surface area contributed by atoms with Crippen LogP contribution in [0.2, 0.25) is 0 Å². The van der Waals surface area contributed by atoms with Gasteiger partial charge < -0.3 is 19.7 Å². The van der Waals surface area contributed by atoms with Gasteiger partial charge in [0.2, 0.25) is 0 Å². The number of amides is 1. The fourth-order valence-electron chi connectivity index (χ4n) is 3.54. The number of carboxylic acids is 1. The summed E-state index contributed by atoms with van der Waals surface area (Å²) in [6.07, 6.45) is 4.34. The maximum atomic E-state index is 13.0. The van der Waals surface area contributed by atoms with Gasteiger partial charge in [0.15, 0.2) is 5.69 Å². The average Bonchev–Trinajstić information content (AvgIpc) is 2.90. The predicted octanol–water partition coefficient (Wildman–Crippen LogP) is 3.07. The van der Waals surface area contributed by atoms with Gasteiger partial charge in [-0.15, -0.1) is 0 Å². The number of rotatable bonds is 6. The molecule has 2 aromatic rings. The summed E-state index contributed by atoms with van der Waals surface area (Å²) in [5.74, 6) is -0.0827. The Morgan fingerprint density at radius 2 is 2.07 bits per heavy atom. The van der Waals surface area contributed by atoms with E-state index in [1.807, 2.05) is 0 Å². The summed E-state index contributed by atoms with van der Waals surface area (Å²) in [4.78, 5) is 24.4. The van der Waals surface area contributed by atoms with Gasteiger partial charge in [0.05, 0.1) is 19.1 Å². The molecule has 1 aromatic heterocycles. The van der Waals surface area contributed by atoms with E-state index in [0.717, 1.165) is 43.4 Å². The van der Waals surface area contributed by atoms with E-state index in [-0.39, 0.29) is 12.1 Å². The molecule has 0 saturated heterocycles. The SMILES string of the molecule is COc1cccc(C(C)(CC(=O)O)NC(=O)c2noc3c2CCCCC3)c1. The Morgan fingerprint density at radius 1 is 1.30 bits per heavy atom. The molecule has 0 fully saturated rings. The van der Waals surface area contributed by atoms with Crippen LogP contribution in [0.3, 0.4) is 0 Å². The topological polar surface area (TPSA) is 102 Å². The van der Waals surface area contributed by atoms with Gasteiger partial charge in [0, 0.05) is 12.0 Å². The minimum atomic E-state index is -1.12. The Kier molecular flexibility index (Phi) is 5.48. The Labute approximate surface area is 157 Å². The van der Waals surface area contributed by atoms with E-state index < -0.39 is 17.4 Å². The van der Waals surface area contributed by atoms with Gasteiger partial charge in [-0.3, -0.25) is 9.59 Å². The van der Waals surface area contributed by atoms with Gasteiger partial charge in [-0.25, -0.2) is 0 Å². The molecule has 1 aromatic carbocycles. The summed E-state index contributed by atoms with van der Waals surface area (Å²) in [6, 6.07) is 7.04.